The summed E-state index contributed by atoms with van der Waals surface area (Å²) in [5.41, 5.74) is 1.25. The van der Waals surface area contributed by atoms with Crippen LogP contribution in [0.4, 0.5) is 0 Å². The summed E-state index contributed by atoms with van der Waals surface area (Å²) >= 11 is 3.58. The van der Waals surface area contributed by atoms with Crippen LogP contribution in [0.15, 0.2) is 18.2 Å². The summed E-state index contributed by atoms with van der Waals surface area (Å²) in [6.07, 6.45) is 1.09. The first-order valence-electron chi connectivity index (χ1n) is 5.43. The minimum Gasteiger partial charge on any atom is -0.497 e. The molecule has 0 aliphatic heterocycles. The van der Waals surface area contributed by atoms with Crippen molar-refractivity contribution in [1.82, 2.24) is 0 Å². The second-order valence-corrected chi connectivity index (χ2v) is 5.63. The molecule has 0 N–H and O–H groups in total. The molecule has 0 fully saturated rings. The van der Waals surface area contributed by atoms with Gasteiger partial charge in [-0.3, -0.25) is 0 Å². The molecule has 2 nitrogen and oxygen atoms in total. The third-order valence-electron chi connectivity index (χ3n) is 2.62. The minimum atomic E-state index is 0.485. The molecule has 3 heteroatoms. The van der Waals surface area contributed by atoms with Gasteiger partial charge in [0.2, 0.25) is 0 Å². The van der Waals surface area contributed by atoms with Crippen molar-refractivity contribution in [2.24, 2.45) is 0 Å². The van der Waals surface area contributed by atoms with E-state index in [0.717, 1.165) is 17.9 Å². The van der Waals surface area contributed by atoms with Crippen molar-refractivity contribution < 1.29 is 9.47 Å². The summed E-state index contributed by atoms with van der Waals surface area (Å²) in [5, 5.41) is 0. The van der Waals surface area contributed by atoms with Gasteiger partial charge in [-0.1, -0.05) is 29.8 Å². The van der Waals surface area contributed by atoms with Crippen LogP contribution in [0.3, 0.4) is 0 Å². The van der Waals surface area contributed by atoms with Gasteiger partial charge in [-0.05, 0) is 30.0 Å². The van der Waals surface area contributed by atoms with Crippen LogP contribution in [-0.2, 0) is 0 Å². The Bertz CT molecular complexity index is 314. The summed E-state index contributed by atoms with van der Waals surface area (Å²) in [7, 11) is 3.35. The molecular weight excluding hydrogens is 268 g/mol. The summed E-state index contributed by atoms with van der Waals surface area (Å²) in [5.74, 6) is 2.19. The van der Waals surface area contributed by atoms with Crippen LogP contribution < -0.4 is 9.47 Å². The Morgan fingerprint density at radius 3 is 1.94 bits per heavy atom. The Morgan fingerprint density at radius 2 is 1.56 bits per heavy atom. The molecule has 0 heterocycles. The van der Waals surface area contributed by atoms with E-state index in [1.165, 1.54) is 5.56 Å². The van der Waals surface area contributed by atoms with E-state index in [1.54, 1.807) is 14.2 Å². The highest BCUT2D eigenvalue weighted by Crippen LogP contribution is 2.30. The van der Waals surface area contributed by atoms with Crippen LogP contribution in [0.5, 0.6) is 11.5 Å². The summed E-state index contributed by atoms with van der Waals surface area (Å²) in [4.78, 5) is 0.514. The minimum absolute atomic E-state index is 0.485. The van der Waals surface area contributed by atoms with Crippen LogP contribution in [0.25, 0.3) is 0 Å². The second kappa shape index (κ2) is 6.14. The van der Waals surface area contributed by atoms with Gasteiger partial charge in [0.15, 0.2) is 0 Å². The van der Waals surface area contributed by atoms with Gasteiger partial charge in [-0.2, -0.15) is 0 Å². The maximum absolute atomic E-state index is 5.26. The molecule has 2 atom stereocenters. The normalized spacial score (nSPS) is 14.3. The highest BCUT2D eigenvalue weighted by Gasteiger charge is 2.11. The van der Waals surface area contributed by atoms with E-state index >= 15 is 0 Å². The Hall–Kier alpha value is -0.700. The summed E-state index contributed by atoms with van der Waals surface area (Å²) < 4.78 is 10.5. The summed E-state index contributed by atoms with van der Waals surface area (Å²) in [6.45, 7) is 4.37. The first-order valence-corrected chi connectivity index (χ1v) is 6.35. The first-order chi connectivity index (χ1) is 7.56. The highest BCUT2D eigenvalue weighted by molar-refractivity contribution is 9.09. The molecule has 90 valence electrons. The lowest BCUT2D eigenvalue weighted by Gasteiger charge is -2.15. The number of ether oxygens (including phenoxy) is 2. The fraction of sp³-hybridized carbons (Fsp3) is 0.538. The largest absolute Gasteiger partial charge is 0.497 e. The predicted molar refractivity (Wildman–Crippen MR) is 71.0 cm³/mol. The molecule has 1 aromatic carbocycles. The van der Waals surface area contributed by atoms with Crippen molar-refractivity contribution in [1.29, 1.82) is 0 Å². The maximum Gasteiger partial charge on any atom is 0.122 e. The zero-order chi connectivity index (χ0) is 12.1. The molecule has 0 spiro atoms. The number of halogens is 1. The first kappa shape index (κ1) is 13.4. The van der Waals surface area contributed by atoms with Gasteiger partial charge in [-0.15, -0.1) is 0 Å². The Kier molecular flexibility index (Phi) is 5.13. The van der Waals surface area contributed by atoms with E-state index in [9.17, 15) is 0 Å². The Balaban J connectivity index is 2.93. The molecule has 2 unspecified atom stereocenters. The van der Waals surface area contributed by atoms with Gasteiger partial charge in [0.1, 0.15) is 11.5 Å². The van der Waals surface area contributed by atoms with Crippen molar-refractivity contribution in [3.63, 3.8) is 0 Å². The predicted octanol–water partition coefficient (Wildman–Crippen LogP) is 3.98. The lowest BCUT2D eigenvalue weighted by molar-refractivity contribution is 0.392. The fourth-order valence-electron chi connectivity index (χ4n) is 1.74. The lowest BCUT2D eigenvalue weighted by atomic mass is 9.96. The van der Waals surface area contributed by atoms with Crippen molar-refractivity contribution in [3.05, 3.63) is 23.8 Å². The monoisotopic (exact) mass is 286 g/mol. The quantitative estimate of drug-likeness (QED) is 0.763. The standard InChI is InChI=1S/C13H19BrO2/c1-9(5-10(2)14)11-6-12(15-3)8-13(7-11)16-4/h6-10H,5H2,1-4H3. The number of rotatable bonds is 5. The molecule has 0 aliphatic rings. The van der Waals surface area contributed by atoms with Gasteiger partial charge >= 0.3 is 0 Å². The van der Waals surface area contributed by atoms with Crippen molar-refractivity contribution >= 4 is 15.9 Å². The molecule has 0 aliphatic carbocycles. The zero-order valence-electron chi connectivity index (χ0n) is 10.3. The molecule has 0 aromatic heterocycles. The molecule has 0 saturated heterocycles. The van der Waals surface area contributed by atoms with Crippen LogP contribution in [0, 0.1) is 0 Å². The van der Waals surface area contributed by atoms with Gasteiger partial charge in [0, 0.05) is 10.9 Å². The fourth-order valence-corrected chi connectivity index (χ4v) is 2.30. The van der Waals surface area contributed by atoms with Crippen LogP contribution >= 0.6 is 15.9 Å². The molecule has 1 aromatic rings. The molecule has 16 heavy (non-hydrogen) atoms. The van der Waals surface area contributed by atoms with E-state index in [-0.39, 0.29) is 0 Å². The Morgan fingerprint density at radius 1 is 1.06 bits per heavy atom. The second-order valence-electron chi connectivity index (χ2n) is 4.06. The third-order valence-corrected chi connectivity index (χ3v) is 2.99. The van der Waals surface area contributed by atoms with Crippen molar-refractivity contribution in [2.75, 3.05) is 14.2 Å². The molecule has 0 bridgehead atoms. The topological polar surface area (TPSA) is 18.5 Å². The zero-order valence-corrected chi connectivity index (χ0v) is 11.9. The van der Waals surface area contributed by atoms with Crippen LogP contribution in [0.2, 0.25) is 0 Å². The van der Waals surface area contributed by atoms with E-state index in [0.29, 0.717) is 10.7 Å². The molecule has 0 saturated carbocycles. The Labute approximate surface area is 106 Å². The third kappa shape index (κ3) is 3.71. The average Bonchev–Trinajstić information content (AvgIpc) is 2.27. The van der Waals surface area contributed by atoms with Gasteiger partial charge in [0.05, 0.1) is 14.2 Å². The van der Waals surface area contributed by atoms with Gasteiger partial charge in [-0.25, -0.2) is 0 Å². The smallest absolute Gasteiger partial charge is 0.122 e. The number of hydrogen-bond donors (Lipinski definition) is 0. The average molecular weight is 287 g/mol. The van der Waals surface area contributed by atoms with Crippen LogP contribution in [-0.4, -0.2) is 19.0 Å². The SMILES string of the molecule is COc1cc(OC)cc(C(C)CC(C)Br)c1. The van der Waals surface area contributed by atoms with E-state index in [1.807, 2.05) is 6.07 Å². The van der Waals surface area contributed by atoms with Crippen molar-refractivity contribution in [3.8, 4) is 11.5 Å². The number of hydrogen-bond acceptors (Lipinski definition) is 2. The molecule has 1 rings (SSSR count). The van der Waals surface area contributed by atoms with E-state index < -0.39 is 0 Å². The maximum atomic E-state index is 5.26. The molecular formula is C13H19BrO2. The number of methoxy groups -OCH3 is 2. The van der Waals surface area contributed by atoms with Gasteiger partial charge < -0.3 is 9.47 Å². The van der Waals surface area contributed by atoms with E-state index in [2.05, 4.69) is 41.9 Å². The highest BCUT2D eigenvalue weighted by atomic mass is 79.9. The lowest BCUT2D eigenvalue weighted by Crippen LogP contribution is -2.01. The number of benzene rings is 1. The summed E-state index contributed by atoms with van der Waals surface area (Å²) in [6, 6.07) is 6.04. The molecule has 0 radical (unpaired) electrons. The van der Waals surface area contributed by atoms with Crippen LogP contribution in [0.1, 0.15) is 31.7 Å². The molecule has 0 amide bonds. The van der Waals surface area contributed by atoms with Gasteiger partial charge in [0.25, 0.3) is 0 Å². The number of alkyl halides is 1. The van der Waals surface area contributed by atoms with E-state index in [4.69, 9.17) is 9.47 Å². The van der Waals surface area contributed by atoms with Crippen molar-refractivity contribution in [2.45, 2.75) is 31.0 Å².